The standard InChI is InChI=1S/C15H30N2O/c1-4-14(13-9-6-5-7-10-13)16-12-8-11-15(18)17(2)3/h13-14,16H,4-12H2,1-3H3. The summed E-state index contributed by atoms with van der Waals surface area (Å²) in [4.78, 5) is 13.1. The highest BCUT2D eigenvalue weighted by Gasteiger charge is 2.21. The fourth-order valence-electron chi connectivity index (χ4n) is 2.93. The van der Waals surface area contributed by atoms with Gasteiger partial charge in [-0.25, -0.2) is 0 Å². The van der Waals surface area contributed by atoms with Gasteiger partial charge in [0.2, 0.25) is 5.91 Å². The van der Waals surface area contributed by atoms with Gasteiger partial charge in [0, 0.05) is 26.6 Å². The predicted molar refractivity (Wildman–Crippen MR) is 76.6 cm³/mol. The summed E-state index contributed by atoms with van der Waals surface area (Å²) in [6, 6.07) is 0.666. The van der Waals surface area contributed by atoms with Crippen LogP contribution in [0.4, 0.5) is 0 Å². The zero-order chi connectivity index (χ0) is 13.4. The van der Waals surface area contributed by atoms with E-state index in [1.54, 1.807) is 4.90 Å². The van der Waals surface area contributed by atoms with E-state index in [0.29, 0.717) is 12.5 Å². The van der Waals surface area contributed by atoms with E-state index < -0.39 is 0 Å². The second-order valence-corrected chi connectivity index (χ2v) is 5.76. The highest BCUT2D eigenvalue weighted by molar-refractivity contribution is 5.75. The van der Waals surface area contributed by atoms with Gasteiger partial charge in [-0.15, -0.1) is 0 Å². The van der Waals surface area contributed by atoms with E-state index in [-0.39, 0.29) is 5.91 Å². The molecule has 1 aliphatic carbocycles. The molecule has 18 heavy (non-hydrogen) atoms. The Morgan fingerprint density at radius 1 is 1.28 bits per heavy atom. The van der Waals surface area contributed by atoms with Gasteiger partial charge in [0.05, 0.1) is 0 Å². The van der Waals surface area contributed by atoms with Crippen molar-refractivity contribution in [1.29, 1.82) is 0 Å². The van der Waals surface area contributed by atoms with Gasteiger partial charge < -0.3 is 10.2 Å². The average Bonchev–Trinajstić information content (AvgIpc) is 2.39. The quantitative estimate of drug-likeness (QED) is 0.709. The highest BCUT2D eigenvalue weighted by Crippen LogP contribution is 2.27. The Labute approximate surface area is 112 Å². The van der Waals surface area contributed by atoms with Crippen molar-refractivity contribution in [3.05, 3.63) is 0 Å². The van der Waals surface area contributed by atoms with Crippen LogP contribution in [0.15, 0.2) is 0 Å². The number of amides is 1. The lowest BCUT2D eigenvalue weighted by atomic mass is 9.83. The van der Waals surface area contributed by atoms with Crippen molar-refractivity contribution in [3.8, 4) is 0 Å². The first-order valence-electron chi connectivity index (χ1n) is 7.58. The van der Waals surface area contributed by atoms with Crippen molar-refractivity contribution in [3.63, 3.8) is 0 Å². The maximum Gasteiger partial charge on any atom is 0.222 e. The van der Waals surface area contributed by atoms with Crippen LogP contribution in [0.5, 0.6) is 0 Å². The topological polar surface area (TPSA) is 32.3 Å². The van der Waals surface area contributed by atoms with Crippen LogP contribution >= 0.6 is 0 Å². The van der Waals surface area contributed by atoms with Crippen LogP contribution in [0, 0.1) is 5.92 Å². The van der Waals surface area contributed by atoms with Gasteiger partial charge in [-0.2, -0.15) is 0 Å². The second kappa shape index (κ2) is 8.52. The van der Waals surface area contributed by atoms with Gasteiger partial charge in [-0.05, 0) is 38.1 Å². The first-order chi connectivity index (χ1) is 8.65. The molecule has 0 aromatic rings. The summed E-state index contributed by atoms with van der Waals surface area (Å²) in [5.74, 6) is 1.11. The Kier molecular flexibility index (Phi) is 7.33. The molecule has 1 amide bonds. The van der Waals surface area contributed by atoms with E-state index in [1.807, 2.05) is 14.1 Å². The van der Waals surface area contributed by atoms with Crippen molar-refractivity contribution >= 4 is 5.91 Å². The Morgan fingerprint density at radius 3 is 2.50 bits per heavy atom. The van der Waals surface area contributed by atoms with Gasteiger partial charge in [-0.1, -0.05) is 26.2 Å². The Morgan fingerprint density at radius 2 is 1.94 bits per heavy atom. The van der Waals surface area contributed by atoms with Crippen molar-refractivity contribution < 1.29 is 4.79 Å². The third kappa shape index (κ3) is 5.38. The van der Waals surface area contributed by atoms with Gasteiger partial charge in [0.25, 0.3) is 0 Å². The smallest absolute Gasteiger partial charge is 0.222 e. The molecule has 1 N–H and O–H groups in total. The van der Waals surface area contributed by atoms with E-state index in [1.165, 1.54) is 38.5 Å². The van der Waals surface area contributed by atoms with Crippen LogP contribution in [0.2, 0.25) is 0 Å². The SMILES string of the molecule is CCC(NCCCC(=O)N(C)C)C1CCCCC1. The average molecular weight is 254 g/mol. The van der Waals surface area contributed by atoms with Crippen molar-refractivity contribution in [2.45, 2.75) is 64.3 Å². The predicted octanol–water partition coefficient (Wildman–Crippen LogP) is 2.80. The molecule has 1 fully saturated rings. The van der Waals surface area contributed by atoms with Gasteiger partial charge in [-0.3, -0.25) is 4.79 Å². The summed E-state index contributed by atoms with van der Waals surface area (Å²) < 4.78 is 0. The summed E-state index contributed by atoms with van der Waals surface area (Å²) in [5.41, 5.74) is 0. The van der Waals surface area contributed by atoms with Crippen LogP contribution in [0.3, 0.4) is 0 Å². The number of hydrogen-bond donors (Lipinski definition) is 1. The summed E-state index contributed by atoms with van der Waals surface area (Å²) in [6.45, 7) is 3.26. The van der Waals surface area contributed by atoms with Crippen LogP contribution in [0.25, 0.3) is 0 Å². The van der Waals surface area contributed by atoms with E-state index in [4.69, 9.17) is 0 Å². The lowest BCUT2D eigenvalue weighted by Gasteiger charge is -2.30. The number of nitrogens with one attached hydrogen (secondary N) is 1. The summed E-state index contributed by atoms with van der Waals surface area (Å²) in [6.07, 6.45) is 9.85. The number of carbonyl (C=O) groups is 1. The Balaban J connectivity index is 2.17. The largest absolute Gasteiger partial charge is 0.349 e. The molecule has 0 aliphatic heterocycles. The maximum absolute atomic E-state index is 11.5. The third-order valence-corrected chi connectivity index (χ3v) is 4.13. The van der Waals surface area contributed by atoms with Crippen molar-refractivity contribution in [1.82, 2.24) is 10.2 Å². The summed E-state index contributed by atoms with van der Waals surface area (Å²) >= 11 is 0. The van der Waals surface area contributed by atoms with Crippen LogP contribution in [-0.2, 0) is 4.79 Å². The Bertz CT molecular complexity index is 235. The van der Waals surface area contributed by atoms with Crippen LogP contribution in [-0.4, -0.2) is 37.5 Å². The zero-order valence-corrected chi connectivity index (χ0v) is 12.4. The first-order valence-corrected chi connectivity index (χ1v) is 7.58. The molecule has 0 heterocycles. The minimum absolute atomic E-state index is 0.238. The van der Waals surface area contributed by atoms with Gasteiger partial charge >= 0.3 is 0 Å². The first kappa shape index (κ1) is 15.5. The molecule has 1 unspecified atom stereocenters. The molecule has 1 atom stereocenters. The number of hydrogen-bond acceptors (Lipinski definition) is 2. The van der Waals surface area contributed by atoms with Gasteiger partial charge in [0.15, 0.2) is 0 Å². The number of nitrogens with zero attached hydrogens (tertiary/aromatic N) is 1. The molecule has 1 rings (SSSR count). The van der Waals surface area contributed by atoms with E-state index >= 15 is 0 Å². The van der Waals surface area contributed by atoms with Gasteiger partial charge in [0.1, 0.15) is 0 Å². The second-order valence-electron chi connectivity index (χ2n) is 5.76. The summed E-state index contributed by atoms with van der Waals surface area (Å²) in [5, 5.41) is 3.66. The molecule has 0 radical (unpaired) electrons. The maximum atomic E-state index is 11.5. The normalized spacial score (nSPS) is 18.6. The lowest BCUT2D eigenvalue weighted by Crippen LogP contribution is -2.37. The third-order valence-electron chi connectivity index (χ3n) is 4.13. The molecule has 3 heteroatoms. The fourth-order valence-corrected chi connectivity index (χ4v) is 2.93. The number of rotatable bonds is 7. The molecule has 0 aromatic carbocycles. The molecule has 1 saturated carbocycles. The summed E-state index contributed by atoms with van der Waals surface area (Å²) in [7, 11) is 3.65. The highest BCUT2D eigenvalue weighted by atomic mass is 16.2. The van der Waals surface area contributed by atoms with Crippen molar-refractivity contribution in [2.75, 3.05) is 20.6 Å². The lowest BCUT2D eigenvalue weighted by molar-refractivity contribution is -0.128. The molecule has 106 valence electrons. The molecule has 0 bridgehead atoms. The zero-order valence-electron chi connectivity index (χ0n) is 12.4. The van der Waals surface area contributed by atoms with Crippen LogP contribution < -0.4 is 5.32 Å². The fraction of sp³-hybridized carbons (Fsp3) is 0.933. The molecule has 3 nitrogen and oxygen atoms in total. The monoisotopic (exact) mass is 254 g/mol. The molecule has 1 aliphatic rings. The number of carbonyl (C=O) groups excluding carboxylic acids is 1. The molecular weight excluding hydrogens is 224 g/mol. The molecule has 0 aromatic heterocycles. The minimum atomic E-state index is 0.238. The van der Waals surface area contributed by atoms with E-state index in [2.05, 4.69) is 12.2 Å². The molecule has 0 saturated heterocycles. The molecular formula is C15H30N2O. The minimum Gasteiger partial charge on any atom is -0.349 e. The van der Waals surface area contributed by atoms with E-state index in [9.17, 15) is 4.79 Å². The van der Waals surface area contributed by atoms with Crippen molar-refractivity contribution in [2.24, 2.45) is 5.92 Å². The van der Waals surface area contributed by atoms with E-state index in [0.717, 1.165) is 18.9 Å². The Hall–Kier alpha value is -0.570. The molecule has 0 spiro atoms. The van der Waals surface area contributed by atoms with Crippen LogP contribution in [0.1, 0.15) is 58.3 Å².